The molecule has 1 heterocycles. The summed E-state index contributed by atoms with van der Waals surface area (Å²) in [6, 6.07) is 10.6. The van der Waals surface area contributed by atoms with Crippen LogP contribution in [0.4, 0.5) is 0 Å². The summed E-state index contributed by atoms with van der Waals surface area (Å²) in [7, 11) is 0. The Labute approximate surface area is 103 Å². The van der Waals surface area contributed by atoms with Gasteiger partial charge in [0.2, 0.25) is 0 Å². The van der Waals surface area contributed by atoms with Gasteiger partial charge in [0.25, 0.3) is 0 Å². The lowest BCUT2D eigenvalue weighted by Gasteiger charge is -2.08. The van der Waals surface area contributed by atoms with Crippen molar-refractivity contribution in [2.45, 2.75) is 33.4 Å². The van der Waals surface area contributed by atoms with Crippen LogP contribution in [-0.4, -0.2) is 0 Å². The maximum absolute atomic E-state index is 5.40. The van der Waals surface area contributed by atoms with Gasteiger partial charge in [-0.1, -0.05) is 31.2 Å². The molecule has 0 bridgehead atoms. The van der Waals surface area contributed by atoms with E-state index in [0.29, 0.717) is 0 Å². The first kappa shape index (κ1) is 11.9. The van der Waals surface area contributed by atoms with E-state index in [1.54, 1.807) is 6.26 Å². The molecule has 0 saturated carbocycles. The van der Waals surface area contributed by atoms with Crippen molar-refractivity contribution in [3.8, 4) is 0 Å². The van der Waals surface area contributed by atoms with Crippen LogP contribution in [0.25, 0.3) is 0 Å². The number of hydrogen-bond acceptors (Lipinski definition) is 2. The van der Waals surface area contributed by atoms with Crippen LogP contribution in [0.15, 0.2) is 41.0 Å². The zero-order valence-corrected chi connectivity index (χ0v) is 10.5. The van der Waals surface area contributed by atoms with Crippen molar-refractivity contribution >= 4 is 0 Å². The van der Waals surface area contributed by atoms with Gasteiger partial charge in [0.05, 0.1) is 12.8 Å². The van der Waals surface area contributed by atoms with Gasteiger partial charge in [0.1, 0.15) is 5.76 Å². The molecule has 0 fully saturated rings. The molecule has 0 spiro atoms. The highest BCUT2D eigenvalue weighted by atomic mass is 16.3. The fourth-order valence-corrected chi connectivity index (χ4v) is 1.97. The molecular formula is C15H19NO. The average molecular weight is 229 g/mol. The Hall–Kier alpha value is -1.54. The molecule has 90 valence electrons. The maximum atomic E-state index is 5.40. The topological polar surface area (TPSA) is 25.2 Å². The van der Waals surface area contributed by atoms with E-state index >= 15 is 0 Å². The van der Waals surface area contributed by atoms with Gasteiger partial charge in [0.15, 0.2) is 0 Å². The summed E-state index contributed by atoms with van der Waals surface area (Å²) in [4.78, 5) is 0. The van der Waals surface area contributed by atoms with Crippen LogP contribution in [0, 0.1) is 6.92 Å². The van der Waals surface area contributed by atoms with Crippen LogP contribution < -0.4 is 5.32 Å². The van der Waals surface area contributed by atoms with Crippen LogP contribution >= 0.6 is 0 Å². The molecular weight excluding hydrogens is 210 g/mol. The molecule has 2 heteroatoms. The van der Waals surface area contributed by atoms with E-state index in [4.69, 9.17) is 4.42 Å². The van der Waals surface area contributed by atoms with E-state index in [1.807, 2.05) is 6.07 Å². The number of nitrogens with one attached hydrogen (secondary N) is 1. The number of benzene rings is 1. The Bertz CT molecular complexity index is 473. The Morgan fingerprint density at radius 3 is 2.47 bits per heavy atom. The number of aryl methyl sites for hydroxylation is 2. The second-order valence-electron chi connectivity index (χ2n) is 4.25. The molecule has 0 radical (unpaired) electrons. The molecule has 17 heavy (non-hydrogen) atoms. The van der Waals surface area contributed by atoms with Crippen molar-refractivity contribution in [2.24, 2.45) is 0 Å². The summed E-state index contributed by atoms with van der Waals surface area (Å²) >= 11 is 0. The zero-order valence-electron chi connectivity index (χ0n) is 10.5. The van der Waals surface area contributed by atoms with E-state index in [-0.39, 0.29) is 0 Å². The van der Waals surface area contributed by atoms with Crippen molar-refractivity contribution in [1.82, 2.24) is 5.32 Å². The highest BCUT2D eigenvalue weighted by Gasteiger charge is 2.02. The third-order valence-corrected chi connectivity index (χ3v) is 3.07. The molecule has 2 rings (SSSR count). The Balaban J connectivity index is 1.92. The number of rotatable bonds is 5. The number of furan rings is 1. The van der Waals surface area contributed by atoms with Crippen molar-refractivity contribution in [3.05, 3.63) is 59.0 Å². The third kappa shape index (κ3) is 2.98. The summed E-state index contributed by atoms with van der Waals surface area (Å²) in [5.41, 5.74) is 4.00. The van der Waals surface area contributed by atoms with E-state index in [0.717, 1.165) is 25.3 Å². The maximum Gasteiger partial charge on any atom is 0.120 e. The van der Waals surface area contributed by atoms with Crippen LogP contribution in [0.2, 0.25) is 0 Å². The van der Waals surface area contributed by atoms with Crippen LogP contribution in [0.3, 0.4) is 0 Å². The van der Waals surface area contributed by atoms with Crippen molar-refractivity contribution in [2.75, 3.05) is 0 Å². The van der Waals surface area contributed by atoms with Gasteiger partial charge < -0.3 is 9.73 Å². The largest absolute Gasteiger partial charge is 0.468 e. The normalized spacial score (nSPS) is 10.7. The Kier molecular flexibility index (Phi) is 3.99. The minimum Gasteiger partial charge on any atom is -0.468 e. The molecule has 0 aliphatic rings. The first-order chi connectivity index (χ1) is 8.31. The smallest absolute Gasteiger partial charge is 0.120 e. The molecule has 2 aromatic rings. The molecule has 0 unspecified atom stereocenters. The number of hydrogen-bond donors (Lipinski definition) is 1. The van der Waals surface area contributed by atoms with Crippen LogP contribution in [0.1, 0.15) is 29.4 Å². The molecule has 0 atom stereocenters. The molecule has 1 aromatic carbocycles. The molecule has 0 amide bonds. The standard InChI is InChI=1S/C15H19NO/c1-3-13-6-4-5-7-14(13)10-16-11-15-12(2)8-9-17-15/h4-9,16H,3,10-11H2,1-2H3. The fraction of sp³-hybridized carbons (Fsp3) is 0.333. The Morgan fingerprint density at radius 1 is 1.06 bits per heavy atom. The van der Waals surface area contributed by atoms with Gasteiger partial charge in [-0.2, -0.15) is 0 Å². The quantitative estimate of drug-likeness (QED) is 0.849. The van der Waals surface area contributed by atoms with Gasteiger partial charge in [-0.05, 0) is 36.1 Å². The van der Waals surface area contributed by atoms with E-state index < -0.39 is 0 Å². The third-order valence-electron chi connectivity index (χ3n) is 3.07. The highest BCUT2D eigenvalue weighted by Crippen LogP contribution is 2.11. The minimum absolute atomic E-state index is 0.789. The van der Waals surface area contributed by atoms with Gasteiger partial charge in [0, 0.05) is 6.54 Å². The predicted molar refractivity (Wildman–Crippen MR) is 69.8 cm³/mol. The lowest BCUT2D eigenvalue weighted by molar-refractivity contribution is 0.480. The summed E-state index contributed by atoms with van der Waals surface area (Å²) in [6.45, 7) is 5.94. The van der Waals surface area contributed by atoms with Crippen molar-refractivity contribution in [1.29, 1.82) is 0 Å². The lowest BCUT2D eigenvalue weighted by Crippen LogP contribution is -2.14. The Morgan fingerprint density at radius 2 is 1.82 bits per heavy atom. The van der Waals surface area contributed by atoms with Gasteiger partial charge >= 0.3 is 0 Å². The minimum atomic E-state index is 0.789. The second kappa shape index (κ2) is 5.69. The zero-order chi connectivity index (χ0) is 12.1. The van der Waals surface area contributed by atoms with Crippen molar-refractivity contribution in [3.63, 3.8) is 0 Å². The van der Waals surface area contributed by atoms with Crippen LogP contribution in [-0.2, 0) is 19.5 Å². The van der Waals surface area contributed by atoms with E-state index in [2.05, 4.69) is 43.4 Å². The predicted octanol–water partition coefficient (Wildman–Crippen LogP) is 3.44. The van der Waals surface area contributed by atoms with Crippen LogP contribution in [0.5, 0.6) is 0 Å². The molecule has 0 aliphatic carbocycles. The molecule has 0 saturated heterocycles. The first-order valence-corrected chi connectivity index (χ1v) is 6.11. The summed E-state index contributed by atoms with van der Waals surface area (Å²) in [5, 5.41) is 3.43. The van der Waals surface area contributed by atoms with Gasteiger partial charge in [-0.25, -0.2) is 0 Å². The average Bonchev–Trinajstić information content (AvgIpc) is 2.76. The van der Waals surface area contributed by atoms with Crippen molar-refractivity contribution < 1.29 is 4.42 Å². The van der Waals surface area contributed by atoms with E-state index in [1.165, 1.54) is 16.7 Å². The lowest BCUT2D eigenvalue weighted by atomic mass is 10.1. The second-order valence-corrected chi connectivity index (χ2v) is 4.25. The summed E-state index contributed by atoms with van der Waals surface area (Å²) in [6.07, 6.45) is 2.82. The summed E-state index contributed by atoms with van der Waals surface area (Å²) in [5.74, 6) is 1.03. The molecule has 1 aromatic heterocycles. The molecule has 2 nitrogen and oxygen atoms in total. The highest BCUT2D eigenvalue weighted by molar-refractivity contribution is 5.27. The molecule has 0 aliphatic heterocycles. The SMILES string of the molecule is CCc1ccccc1CNCc1occc1C. The van der Waals surface area contributed by atoms with Gasteiger partial charge in [-0.3, -0.25) is 0 Å². The fourth-order valence-electron chi connectivity index (χ4n) is 1.97. The summed E-state index contributed by atoms with van der Waals surface area (Å²) < 4.78 is 5.40. The first-order valence-electron chi connectivity index (χ1n) is 6.11. The monoisotopic (exact) mass is 229 g/mol. The molecule has 1 N–H and O–H groups in total. The van der Waals surface area contributed by atoms with Gasteiger partial charge in [-0.15, -0.1) is 0 Å². The van der Waals surface area contributed by atoms with E-state index in [9.17, 15) is 0 Å².